The molecule has 3 N–H and O–H groups in total. The van der Waals surface area contributed by atoms with E-state index in [9.17, 15) is 14.4 Å². The SMILES string of the molecule is N[C@H](CCC(=O)CCCOCCOCC=O)C(=O)O. The minimum absolute atomic E-state index is 0.0162. The smallest absolute Gasteiger partial charge is 0.320 e. The molecule has 0 rings (SSSR count). The molecule has 0 aliphatic carbocycles. The van der Waals surface area contributed by atoms with E-state index in [-0.39, 0.29) is 25.2 Å². The predicted molar refractivity (Wildman–Crippen MR) is 66.8 cm³/mol. The maximum Gasteiger partial charge on any atom is 0.320 e. The Labute approximate surface area is 112 Å². The van der Waals surface area contributed by atoms with Crippen LogP contribution in [0.3, 0.4) is 0 Å². The van der Waals surface area contributed by atoms with Crippen LogP contribution in [0.4, 0.5) is 0 Å². The number of carbonyl (C=O) groups excluding carboxylic acids is 2. The molecule has 0 amide bonds. The number of aliphatic carboxylic acids is 1. The molecular formula is C12H21NO6. The molecule has 0 aliphatic rings. The molecule has 1 atom stereocenters. The minimum Gasteiger partial charge on any atom is -0.480 e. The van der Waals surface area contributed by atoms with Crippen molar-refractivity contribution in [3.63, 3.8) is 0 Å². The van der Waals surface area contributed by atoms with Crippen LogP contribution in [0.1, 0.15) is 25.7 Å². The molecule has 0 aliphatic heterocycles. The van der Waals surface area contributed by atoms with Crippen LogP contribution in [-0.2, 0) is 23.9 Å². The van der Waals surface area contributed by atoms with E-state index in [0.29, 0.717) is 38.9 Å². The van der Waals surface area contributed by atoms with Crippen molar-refractivity contribution in [3.8, 4) is 0 Å². The second-order valence-electron chi connectivity index (χ2n) is 3.98. The molecule has 0 aromatic heterocycles. The molecule has 7 heteroatoms. The number of aldehydes is 1. The molecule has 0 bridgehead atoms. The number of hydrogen-bond acceptors (Lipinski definition) is 6. The van der Waals surface area contributed by atoms with Gasteiger partial charge in [-0.2, -0.15) is 0 Å². The predicted octanol–water partition coefficient (Wildman–Crippen LogP) is -0.240. The number of carboxylic acid groups (broad SMARTS) is 1. The molecule has 110 valence electrons. The van der Waals surface area contributed by atoms with Gasteiger partial charge in [0.05, 0.1) is 13.2 Å². The van der Waals surface area contributed by atoms with E-state index in [4.69, 9.17) is 20.3 Å². The van der Waals surface area contributed by atoms with Crippen molar-refractivity contribution in [2.45, 2.75) is 31.7 Å². The van der Waals surface area contributed by atoms with Gasteiger partial charge < -0.3 is 25.1 Å². The number of rotatable bonds is 13. The molecule has 0 saturated carbocycles. The zero-order valence-electron chi connectivity index (χ0n) is 10.9. The summed E-state index contributed by atoms with van der Waals surface area (Å²) in [7, 11) is 0. The molecule has 0 spiro atoms. The first-order valence-corrected chi connectivity index (χ1v) is 6.17. The molecule has 0 fully saturated rings. The molecule has 7 nitrogen and oxygen atoms in total. The van der Waals surface area contributed by atoms with Crippen molar-refractivity contribution in [2.24, 2.45) is 5.73 Å². The number of Topliss-reactive ketones (excluding diaryl/α,β-unsaturated/α-hetero) is 1. The van der Waals surface area contributed by atoms with Crippen LogP contribution >= 0.6 is 0 Å². The highest BCUT2D eigenvalue weighted by Gasteiger charge is 2.13. The number of carboxylic acids is 1. The monoisotopic (exact) mass is 275 g/mol. The Balaban J connectivity index is 3.34. The van der Waals surface area contributed by atoms with Gasteiger partial charge >= 0.3 is 5.97 Å². The van der Waals surface area contributed by atoms with Crippen molar-refractivity contribution in [3.05, 3.63) is 0 Å². The Hall–Kier alpha value is -1.31. The van der Waals surface area contributed by atoms with Crippen molar-refractivity contribution in [2.75, 3.05) is 26.4 Å². The third-order valence-electron chi connectivity index (χ3n) is 2.35. The van der Waals surface area contributed by atoms with Crippen LogP contribution in [0.2, 0.25) is 0 Å². The van der Waals surface area contributed by atoms with Crippen molar-refractivity contribution < 1.29 is 29.0 Å². The highest BCUT2D eigenvalue weighted by molar-refractivity contribution is 5.80. The molecular weight excluding hydrogens is 254 g/mol. The van der Waals surface area contributed by atoms with Crippen molar-refractivity contribution >= 4 is 18.0 Å². The van der Waals surface area contributed by atoms with Gasteiger partial charge in [0.15, 0.2) is 0 Å². The largest absolute Gasteiger partial charge is 0.480 e. The van der Waals surface area contributed by atoms with Crippen LogP contribution in [-0.4, -0.2) is 55.6 Å². The number of carbonyl (C=O) groups is 3. The average Bonchev–Trinajstić information content (AvgIpc) is 2.38. The third kappa shape index (κ3) is 11.5. The molecule has 0 saturated heterocycles. The van der Waals surface area contributed by atoms with Gasteiger partial charge in [-0.15, -0.1) is 0 Å². The van der Waals surface area contributed by atoms with Gasteiger partial charge in [0.1, 0.15) is 24.7 Å². The second-order valence-corrected chi connectivity index (χ2v) is 3.98. The summed E-state index contributed by atoms with van der Waals surface area (Å²) < 4.78 is 10.1. The summed E-state index contributed by atoms with van der Waals surface area (Å²) in [5.41, 5.74) is 5.28. The maximum atomic E-state index is 11.4. The van der Waals surface area contributed by atoms with E-state index in [1.165, 1.54) is 0 Å². The maximum absolute atomic E-state index is 11.4. The molecule has 0 heterocycles. The summed E-state index contributed by atoms with van der Waals surface area (Å²) in [5, 5.41) is 8.54. The number of ether oxygens (including phenoxy) is 2. The Morgan fingerprint density at radius 3 is 2.47 bits per heavy atom. The Bertz CT molecular complexity index is 281. The second kappa shape index (κ2) is 11.8. The zero-order valence-corrected chi connectivity index (χ0v) is 10.9. The van der Waals surface area contributed by atoms with Gasteiger partial charge in [-0.3, -0.25) is 9.59 Å². The van der Waals surface area contributed by atoms with Crippen LogP contribution in [0.15, 0.2) is 0 Å². The van der Waals surface area contributed by atoms with Crippen molar-refractivity contribution in [1.82, 2.24) is 0 Å². The first kappa shape index (κ1) is 17.7. The highest BCUT2D eigenvalue weighted by Crippen LogP contribution is 2.01. The summed E-state index contributed by atoms with van der Waals surface area (Å²) in [4.78, 5) is 31.7. The van der Waals surface area contributed by atoms with Crippen LogP contribution in [0, 0.1) is 0 Å². The van der Waals surface area contributed by atoms with Gasteiger partial charge in [-0.25, -0.2) is 0 Å². The number of ketones is 1. The molecule has 0 radical (unpaired) electrons. The molecule has 0 unspecified atom stereocenters. The Morgan fingerprint density at radius 2 is 1.84 bits per heavy atom. The fourth-order valence-electron chi connectivity index (χ4n) is 1.29. The lowest BCUT2D eigenvalue weighted by molar-refractivity contribution is -0.138. The van der Waals surface area contributed by atoms with E-state index in [0.717, 1.165) is 0 Å². The number of hydrogen-bond donors (Lipinski definition) is 2. The number of nitrogens with two attached hydrogens (primary N) is 1. The van der Waals surface area contributed by atoms with Gasteiger partial charge in [-0.05, 0) is 12.8 Å². The fraction of sp³-hybridized carbons (Fsp3) is 0.750. The highest BCUT2D eigenvalue weighted by atomic mass is 16.5. The van der Waals surface area contributed by atoms with Crippen LogP contribution in [0.5, 0.6) is 0 Å². The quantitative estimate of drug-likeness (QED) is 0.352. The molecule has 0 aromatic rings. The topological polar surface area (TPSA) is 116 Å². The third-order valence-corrected chi connectivity index (χ3v) is 2.35. The fourth-order valence-corrected chi connectivity index (χ4v) is 1.29. The van der Waals surface area contributed by atoms with E-state index in [2.05, 4.69) is 0 Å². The summed E-state index contributed by atoms with van der Waals surface area (Å²) in [5.74, 6) is -1.11. The van der Waals surface area contributed by atoms with Crippen LogP contribution < -0.4 is 5.73 Å². The van der Waals surface area contributed by atoms with E-state index in [1.54, 1.807) is 0 Å². The van der Waals surface area contributed by atoms with Gasteiger partial charge in [0.25, 0.3) is 0 Å². The first-order chi connectivity index (χ1) is 9.07. The van der Waals surface area contributed by atoms with E-state index >= 15 is 0 Å². The summed E-state index contributed by atoms with van der Waals surface area (Å²) >= 11 is 0. The van der Waals surface area contributed by atoms with Gasteiger partial charge in [0.2, 0.25) is 0 Å². The average molecular weight is 275 g/mol. The normalized spacial score (nSPS) is 12.1. The lowest BCUT2D eigenvalue weighted by atomic mass is 10.1. The van der Waals surface area contributed by atoms with Crippen molar-refractivity contribution in [1.29, 1.82) is 0 Å². The van der Waals surface area contributed by atoms with Crippen LogP contribution in [0.25, 0.3) is 0 Å². The zero-order chi connectivity index (χ0) is 14.5. The Morgan fingerprint density at radius 1 is 1.16 bits per heavy atom. The van der Waals surface area contributed by atoms with Gasteiger partial charge in [-0.1, -0.05) is 0 Å². The summed E-state index contributed by atoms with van der Waals surface area (Å²) in [6.07, 6.45) is 1.93. The van der Waals surface area contributed by atoms with E-state index < -0.39 is 12.0 Å². The Kier molecular flexibility index (Phi) is 11.0. The summed E-state index contributed by atoms with van der Waals surface area (Å²) in [6.45, 7) is 1.22. The minimum atomic E-state index is -1.09. The molecule has 0 aromatic carbocycles. The first-order valence-electron chi connectivity index (χ1n) is 6.17. The summed E-state index contributed by atoms with van der Waals surface area (Å²) in [6, 6.07) is -0.977. The van der Waals surface area contributed by atoms with E-state index in [1.807, 2.05) is 0 Å². The van der Waals surface area contributed by atoms with Gasteiger partial charge in [0, 0.05) is 19.4 Å². The lowest BCUT2D eigenvalue weighted by Crippen LogP contribution is -2.30. The molecule has 19 heavy (non-hydrogen) atoms. The standard InChI is InChI=1S/C12H21NO6/c13-11(12(16)17)4-3-10(15)2-1-6-18-8-9-19-7-5-14/h5,11H,1-4,6-9,13H2,(H,16,17)/t11-/m1/s1. The lowest BCUT2D eigenvalue weighted by Gasteiger charge is -2.06.